The van der Waals surface area contributed by atoms with Crippen LogP contribution in [0.1, 0.15) is 15.9 Å². The summed E-state index contributed by atoms with van der Waals surface area (Å²) in [6, 6.07) is 5.76. The molecule has 1 aromatic heterocycles. The van der Waals surface area contributed by atoms with E-state index in [1.54, 1.807) is 24.1 Å². The van der Waals surface area contributed by atoms with Crippen LogP contribution < -0.4 is 5.32 Å². The lowest BCUT2D eigenvalue weighted by Gasteiger charge is -2.05. The minimum Gasteiger partial charge on any atom is -0.322 e. The number of nitrogens with one attached hydrogen (secondary N) is 1. The number of carbonyl (C=O) groups excluding carboxylic acids is 1. The summed E-state index contributed by atoms with van der Waals surface area (Å²) in [6.45, 7) is 1.98. The van der Waals surface area contributed by atoms with Crippen LogP contribution in [0.5, 0.6) is 0 Å². The van der Waals surface area contributed by atoms with Crippen molar-refractivity contribution in [3.05, 3.63) is 46.2 Å². The summed E-state index contributed by atoms with van der Waals surface area (Å²) in [7, 11) is 1.78. The lowest BCUT2D eigenvalue weighted by molar-refractivity contribution is 0.102. The van der Waals surface area contributed by atoms with Crippen LogP contribution in [-0.4, -0.2) is 15.7 Å². The topological polar surface area (TPSA) is 46.9 Å². The maximum atomic E-state index is 11.9. The Morgan fingerprint density at radius 3 is 2.76 bits per heavy atom. The van der Waals surface area contributed by atoms with Crippen LogP contribution >= 0.6 is 15.9 Å². The Morgan fingerprint density at radius 1 is 1.41 bits per heavy atom. The number of aryl methyl sites for hydroxylation is 2. The minimum absolute atomic E-state index is 0.157. The van der Waals surface area contributed by atoms with Crippen molar-refractivity contribution in [1.82, 2.24) is 9.78 Å². The molecule has 1 heterocycles. The van der Waals surface area contributed by atoms with Gasteiger partial charge in [0, 0.05) is 23.4 Å². The SMILES string of the molecule is Cc1cc(Br)cc(NC(=O)c2cnn(C)c2)c1. The average Bonchev–Trinajstić information content (AvgIpc) is 2.63. The van der Waals surface area contributed by atoms with E-state index in [-0.39, 0.29) is 5.91 Å². The van der Waals surface area contributed by atoms with Crippen LogP contribution in [0.25, 0.3) is 0 Å². The Bertz CT molecular complexity index is 542. The zero-order valence-electron chi connectivity index (χ0n) is 9.57. The van der Waals surface area contributed by atoms with E-state index >= 15 is 0 Å². The van der Waals surface area contributed by atoms with Crippen molar-refractivity contribution in [1.29, 1.82) is 0 Å². The number of nitrogens with zero attached hydrogens (tertiary/aromatic N) is 2. The van der Waals surface area contributed by atoms with E-state index in [1.807, 2.05) is 25.1 Å². The van der Waals surface area contributed by atoms with E-state index in [2.05, 4.69) is 26.3 Å². The highest BCUT2D eigenvalue weighted by atomic mass is 79.9. The molecule has 1 aromatic carbocycles. The first-order valence-corrected chi connectivity index (χ1v) is 5.91. The maximum absolute atomic E-state index is 11.9. The molecular formula is C12H12BrN3O. The summed E-state index contributed by atoms with van der Waals surface area (Å²) in [4.78, 5) is 11.9. The first-order valence-electron chi connectivity index (χ1n) is 5.12. The van der Waals surface area contributed by atoms with Gasteiger partial charge in [-0.2, -0.15) is 5.10 Å². The third-order valence-electron chi connectivity index (χ3n) is 2.27. The number of hydrogen-bond donors (Lipinski definition) is 1. The van der Waals surface area contributed by atoms with Gasteiger partial charge in [0.2, 0.25) is 0 Å². The van der Waals surface area contributed by atoms with Crippen LogP contribution in [-0.2, 0) is 7.05 Å². The third-order valence-corrected chi connectivity index (χ3v) is 2.72. The molecule has 17 heavy (non-hydrogen) atoms. The summed E-state index contributed by atoms with van der Waals surface area (Å²) < 4.78 is 2.54. The number of carbonyl (C=O) groups is 1. The number of amides is 1. The zero-order chi connectivity index (χ0) is 12.4. The molecule has 88 valence electrons. The normalized spacial score (nSPS) is 10.3. The van der Waals surface area contributed by atoms with Crippen molar-refractivity contribution in [2.24, 2.45) is 7.05 Å². The number of benzene rings is 1. The van der Waals surface area contributed by atoms with E-state index < -0.39 is 0 Å². The Kier molecular flexibility index (Phi) is 3.28. The molecule has 2 rings (SSSR count). The second kappa shape index (κ2) is 4.71. The highest BCUT2D eigenvalue weighted by Crippen LogP contribution is 2.19. The van der Waals surface area contributed by atoms with Gasteiger partial charge < -0.3 is 5.32 Å². The molecule has 0 saturated carbocycles. The standard InChI is InChI=1S/C12H12BrN3O/c1-8-3-10(13)5-11(4-8)15-12(17)9-6-14-16(2)7-9/h3-7H,1-2H3,(H,15,17). The van der Waals surface area contributed by atoms with Gasteiger partial charge in [-0.15, -0.1) is 0 Å². The molecule has 4 nitrogen and oxygen atoms in total. The first-order chi connectivity index (χ1) is 8.04. The molecule has 0 atom stereocenters. The fraction of sp³-hybridized carbons (Fsp3) is 0.167. The summed E-state index contributed by atoms with van der Waals surface area (Å²) >= 11 is 3.40. The van der Waals surface area contributed by atoms with Crippen LogP contribution in [0.3, 0.4) is 0 Å². The van der Waals surface area contributed by atoms with E-state index in [4.69, 9.17) is 0 Å². The van der Waals surface area contributed by atoms with E-state index in [0.717, 1.165) is 15.7 Å². The molecule has 0 radical (unpaired) electrons. The number of halogens is 1. The highest BCUT2D eigenvalue weighted by Gasteiger charge is 2.08. The van der Waals surface area contributed by atoms with Crippen molar-refractivity contribution >= 4 is 27.5 Å². The molecule has 0 fully saturated rings. The maximum Gasteiger partial charge on any atom is 0.258 e. The van der Waals surface area contributed by atoms with Crippen LogP contribution in [0.2, 0.25) is 0 Å². The van der Waals surface area contributed by atoms with E-state index in [0.29, 0.717) is 5.56 Å². The molecule has 0 saturated heterocycles. The van der Waals surface area contributed by atoms with Gasteiger partial charge in [-0.1, -0.05) is 15.9 Å². The molecule has 1 N–H and O–H groups in total. The molecule has 0 spiro atoms. The van der Waals surface area contributed by atoms with Gasteiger partial charge >= 0.3 is 0 Å². The molecule has 5 heteroatoms. The molecular weight excluding hydrogens is 282 g/mol. The van der Waals surface area contributed by atoms with Gasteiger partial charge in [-0.05, 0) is 30.7 Å². The van der Waals surface area contributed by atoms with Crippen molar-refractivity contribution < 1.29 is 4.79 Å². The second-order valence-corrected chi connectivity index (χ2v) is 4.79. The Hall–Kier alpha value is -1.62. The molecule has 0 aliphatic heterocycles. The fourth-order valence-corrected chi connectivity index (χ4v) is 2.16. The van der Waals surface area contributed by atoms with Crippen LogP contribution in [0, 0.1) is 6.92 Å². The number of anilines is 1. The summed E-state index contributed by atoms with van der Waals surface area (Å²) in [5.74, 6) is -0.157. The first kappa shape index (κ1) is 11.9. The van der Waals surface area contributed by atoms with E-state index in [9.17, 15) is 4.79 Å². The quantitative estimate of drug-likeness (QED) is 0.925. The van der Waals surface area contributed by atoms with Gasteiger partial charge in [-0.25, -0.2) is 0 Å². The number of hydrogen-bond acceptors (Lipinski definition) is 2. The van der Waals surface area contributed by atoms with E-state index in [1.165, 1.54) is 0 Å². The summed E-state index contributed by atoms with van der Waals surface area (Å²) in [5.41, 5.74) is 2.40. The summed E-state index contributed by atoms with van der Waals surface area (Å²) in [5, 5.41) is 6.79. The smallest absolute Gasteiger partial charge is 0.258 e. The van der Waals surface area contributed by atoms with Gasteiger partial charge in [0.05, 0.1) is 11.8 Å². The Balaban J connectivity index is 2.18. The Labute approximate surface area is 108 Å². The monoisotopic (exact) mass is 293 g/mol. The van der Waals surface area contributed by atoms with Crippen LogP contribution in [0.4, 0.5) is 5.69 Å². The lowest BCUT2D eigenvalue weighted by Crippen LogP contribution is -2.11. The highest BCUT2D eigenvalue weighted by molar-refractivity contribution is 9.10. The van der Waals surface area contributed by atoms with Gasteiger partial charge in [0.25, 0.3) is 5.91 Å². The molecule has 0 aliphatic carbocycles. The van der Waals surface area contributed by atoms with Crippen molar-refractivity contribution in [2.75, 3.05) is 5.32 Å². The van der Waals surface area contributed by atoms with Gasteiger partial charge in [0.1, 0.15) is 0 Å². The largest absolute Gasteiger partial charge is 0.322 e. The van der Waals surface area contributed by atoms with Crippen molar-refractivity contribution in [3.63, 3.8) is 0 Å². The van der Waals surface area contributed by atoms with Crippen LogP contribution in [0.15, 0.2) is 35.1 Å². The molecule has 0 bridgehead atoms. The number of aromatic nitrogens is 2. The van der Waals surface area contributed by atoms with Gasteiger partial charge in [-0.3, -0.25) is 9.48 Å². The Morgan fingerprint density at radius 2 is 2.18 bits per heavy atom. The predicted octanol–water partition coefficient (Wildman–Crippen LogP) is 2.74. The zero-order valence-corrected chi connectivity index (χ0v) is 11.2. The minimum atomic E-state index is -0.157. The van der Waals surface area contributed by atoms with Crippen molar-refractivity contribution in [2.45, 2.75) is 6.92 Å². The molecule has 0 aliphatic rings. The number of rotatable bonds is 2. The molecule has 1 amide bonds. The predicted molar refractivity (Wildman–Crippen MR) is 70.0 cm³/mol. The molecule has 2 aromatic rings. The second-order valence-electron chi connectivity index (χ2n) is 3.87. The molecule has 0 unspecified atom stereocenters. The fourth-order valence-electron chi connectivity index (χ4n) is 1.55. The van der Waals surface area contributed by atoms with Gasteiger partial charge in [0.15, 0.2) is 0 Å². The lowest BCUT2D eigenvalue weighted by atomic mass is 10.2. The summed E-state index contributed by atoms with van der Waals surface area (Å²) in [6.07, 6.45) is 3.22. The third kappa shape index (κ3) is 2.94. The average molecular weight is 294 g/mol. The van der Waals surface area contributed by atoms with Crippen molar-refractivity contribution in [3.8, 4) is 0 Å².